The summed E-state index contributed by atoms with van der Waals surface area (Å²) in [5.74, 6) is 7.03. The van der Waals surface area contributed by atoms with Gasteiger partial charge < -0.3 is 0 Å². The molecule has 19 heavy (non-hydrogen) atoms. The second kappa shape index (κ2) is 6.64. The van der Waals surface area contributed by atoms with Crippen LogP contribution < -0.4 is 0 Å². The Labute approximate surface area is 121 Å². The maximum Gasteiger partial charge on any atom is -0.0355 e. The van der Waals surface area contributed by atoms with Crippen LogP contribution in [0.25, 0.3) is 0 Å². The van der Waals surface area contributed by atoms with Gasteiger partial charge in [0.1, 0.15) is 0 Å². The molecular weight excluding hydrogens is 228 g/mol. The minimum atomic E-state index is 0.895. The zero-order chi connectivity index (χ0) is 14.0. The average Bonchev–Trinajstić information content (AvgIpc) is 2.56. The van der Waals surface area contributed by atoms with Gasteiger partial charge in [-0.1, -0.05) is 66.7 Å². The molecule has 0 saturated heterocycles. The Kier molecular flexibility index (Phi) is 5.37. The van der Waals surface area contributed by atoms with Crippen molar-refractivity contribution in [2.24, 2.45) is 41.4 Å². The van der Waals surface area contributed by atoms with Crippen LogP contribution in [0.15, 0.2) is 0 Å². The fourth-order valence-corrected chi connectivity index (χ4v) is 5.53. The first-order valence-electron chi connectivity index (χ1n) is 9.08. The van der Waals surface area contributed by atoms with E-state index in [1.54, 1.807) is 12.8 Å². The Morgan fingerprint density at radius 1 is 0.947 bits per heavy atom. The van der Waals surface area contributed by atoms with Gasteiger partial charge in [0.25, 0.3) is 0 Å². The highest BCUT2D eigenvalue weighted by Crippen LogP contribution is 2.51. The molecule has 0 nitrogen and oxygen atoms in total. The van der Waals surface area contributed by atoms with Crippen molar-refractivity contribution in [3.05, 3.63) is 0 Å². The summed E-state index contributed by atoms with van der Waals surface area (Å²) in [7, 11) is 0. The largest absolute Gasteiger partial charge is 0.0651 e. The van der Waals surface area contributed by atoms with Crippen LogP contribution in [-0.2, 0) is 0 Å². The SMILES string of the molecule is CCC1CCCC2CC(C(C)C)C(CC)CC2C1C. The van der Waals surface area contributed by atoms with E-state index in [0.717, 1.165) is 41.4 Å². The van der Waals surface area contributed by atoms with Gasteiger partial charge in [0.05, 0.1) is 0 Å². The zero-order valence-corrected chi connectivity index (χ0v) is 14.0. The second-order valence-electron chi connectivity index (χ2n) is 7.93. The molecule has 0 heteroatoms. The van der Waals surface area contributed by atoms with Gasteiger partial charge in [0.2, 0.25) is 0 Å². The highest BCUT2D eigenvalue weighted by atomic mass is 14.5. The molecular formula is C19H36. The highest BCUT2D eigenvalue weighted by molar-refractivity contribution is 4.91. The summed E-state index contributed by atoms with van der Waals surface area (Å²) in [6.07, 6.45) is 10.5. The third-order valence-corrected chi connectivity index (χ3v) is 6.83. The molecule has 0 amide bonds. The van der Waals surface area contributed by atoms with Crippen LogP contribution >= 0.6 is 0 Å². The van der Waals surface area contributed by atoms with E-state index in [9.17, 15) is 0 Å². The van der Waals surface area contributed by atoms with Crippen LogP contribution in [0, 0.1) is 41.4 Å². The van der Waals surface area contributed by atoms with Gasteiger partial charge in [0.15, 0.2) is 0 Å². The van der Waals surface area contributed by atoms with Crippen molar-refractivity contribution in [1.82, 2.24) is 0 Å². The highest BCUT2D eigenvalue weighted by Gasteiger charge is 2.42. The molecule has 112 valence electrons. The van der Waals surface area contributed by atoms with E-state index < -0.39 is 0 Å². The van der Waals surface area contributed by atoms with E-state index >= 15 is 0 Å². The summed E-state index contributed by atoms with van der Waals surface area (Å²) >= 11 is 0. The zero-order valence-electron chi connectivity index (χ0n) is 14.0. The van der Waals surface area contributed by atoms with Crippen LogP contribution in [0.2, 0.25) is 0 Å². The number of hydrogen-bond donors (Lipinski definition) is 0. The minimum Gasteiger partial charge on any atom is -0.0651 e. The summed E-state index contributed by atoms with van der Waals surface area (Å²) in [5, 5.41) is 0. The first kappa shape index (κ1) is 15.4. The topological polar surface area (TPSA) is 0 Å². The van der Waals surface area contributed by atoms with E-state index in [1.807, 2.05) is 0 Å². The molecule has 2 aliphatic carbocycles. The molecule has 0 N–H and O–H groups in total. The van der Waals surface area contributed by atoms with Gasteiger partial charge in [-0.05, 0) is 54.3 Å². The van der Waals surface area contributed by atoms with Gasteiger partial charge in [0, 0.05) is 0 Å². The van der Waals surface area contributed by atoms with Crippen LogP contribution in [-0.4, -0.2) is 0 Å². The number of rotatable bonds is 3. The normalized spacial score (nSPS) is 43.9. The Bertz CT molecular complexity index is 267. The minimum absolute atomic E-state index is 0.895. The first-order valence-corrected chi connectivity index (χ1v) is 9.08. The third-order valence-electron chi connectivity index (χ3n) is 6.83. The molecule has 0 heterocycles. The van der Waals surface area contributed by atoms with Crippen molar-refractivity contribution >= 4 is 0 Å². The maximum absolute atomic E-state index is 2.58. The van der Waals surface area contributed by atoms with Gasteiger partial charge in [-0.15, -0.1) is 0 Å². The van der Waals surface area contributed by atoms with Crippen LogP contribution in [0.1, 0.15) is 79.6 Å². The van der Waals surface area contributed by atoms with E-state index in [1.165, 1.54) is 32.1 Å². The average molecular weight is 264 g/mol. The predicted molar refractivity (Wildman–Crippen MR) is 85.1 cm³/mol. The summed E-state index contributed by atoms with van der Waals surface area (Å²) in [5.41, 5.74) is 0. The fourth-order valence-electron chi connectivity index (χ4n) is 5.53. The Balaban J connectivity index is 2.13. The molecule has 2 rings (SSSR count). The summed E-state index contributed by atoms with van der Waals surface area (Å²) in [6, 6.07) is 0. The van der Waals surface area contributed by atoms with Gasteiger partial charge in [-0.2, -0.15) is 0 Å². The summed E-state index contributed by atoms with van der Waals surface area (Å²) in [4.78, 5) is 0. The van der Waals surface area contributed by atoms with E-state index in [2.05, 4.69) is 34.6 Å². The molecule has 2 aliphatic rings. The molecule has 0 radical (unpaired) electrons. The summed E-state index contributed by atoms with van der Waals surface area (Å²) < 4.78 is 0. The number of hydrogen-bond acceptors (Lipinski definition) is 0. The Morgan fingerprint density at radius 3 is 2.21 bits per heavy atom. The lowest BCUT2D eigenvalue weighted by molar-refractivity contribution is 0.0407. The molecule has 2 saturated carbocycles. The predicted octanol–water partition coefficient (Wildman–Crippen LogP) is 6.16. The van der Waals surface area contributed by atoms with Crippen LogP contribution in [0.3, 0.4) is 0 Å². The Hall–Kier alpha value is 0. The molecule has 0 aromatic heterocycles. The standard InChI is InChI=1S/C19H36/c1-6-15-9-8-10-17-12-18(13(3)4)16(7-2)11-19(17)14(15)5/h13-19H,6-12H2,1-5H3. The third kappa shape index (κ3) is 3.19. The van der Waals surface area contributed by atoms with E-state index in [-0.39, 0.29) is 0 Å². The second-order valence-corrected chi connectivity index (χ2v) is 7.93. The van der Waals surface area contributed by atoms with Crippen molar-refractivity contribution < 1.29 is 0 Å². The molecule has 0 spiro atoms. The molecule has 6 atom stereocenters. The summed E-state index contributed by atoms with van der Waals surface area (Å²) in [6.45, 7) is 12.3. The van der Waals surface area contributed by atoms with Gasteiger partial charge in [-0.3, -0.25) is 0 Å². The van der Waals surface area contributed by atoms with Crippen molar-refractivity contribution in [2.75, 3.05) is 0 Å². The molecule has 6 unspecified atom stereocenters. The maximum atomic E-state index is 2.58. The lowest BCUT2D eigenvalue weighted by Gasteiger charge is -2.45. The quantitative estimate of drug-likeness (QED) is 0.573. The smallest absolute Gasteiger partial charge is 0.0355 e. The lowest BCUT2D eigenvalue weighted by Crippen LogP contribution is -2.37. The van der Waals surface area contributed by atoms with Gasteiger partial charge >= 0.3 is 0 Å². The molecule has 0 aromatic rings. The Morgan fingerprint density at radius 2 is 1.63 bits per heavy atom. The van der Waals surface area contributed by atoms with Crippen LogP contribution in [0.4, 0.5) is 0 Å². The van der Waals surface area contributed by atoms with Crippen molar-refractivity contribution in [3.8, 4) is 0 Å². The van der Waals surface area contributed by atoms with Crippen molar-refractivity contribution in [1.29, 1.82) is 0 Å². The molecule has 0 bridgehead atoms. The molecule has 0 aliphatic heterocycles. The lowest BCUT2D eigenvalue weighted by atomic mass is 9.60. The van der Waals surface area contributed by atoms with Gasteiger partial charge in [-0.25, -0.2) is 0 Å². The van der Waals surface area contributed by atoms with Crippen molar-refractivity contribution in [3.63, 3.8) is 0 Å². The van der Waals surface area contributed by atoms with Crippen LogP contribution in [0.5, 0.6) is 0 Å². The molecule has 0 aromatic carbocycles. The fraction of sp³-hybridized carbons (Fsp3) is 1.00. The van der Waals surface area contributed by atoms with Crippen molar-refractivity contribution in [2.45, 2.75) is 79.6 Å². The first-order chi connectivity index (χ1) is 9.08. The monoisotopic (exact) mass is 264 g/mol. The number of fused-ring (bicyclic) bond motifs is 1. The van der Waals surface area contributed by atoms with E-state index in [0.29, 0.717) is 0 Å². The van der Waals surface area contributed by atoms with E-state index in [4.69, 9.17) is 0 Å². The molecule has 2 fully saturated rings.